The molecule has 3 aromatic carbocycles. The highest BCUT2D eigenvalue weighted by molar-refractivity contribution is 5.94. The van der Waals surface area contributed by atoms with Crippen molar-refractivity contribution < 1.29 is 23.5 Å². The molecule has 0 spiro atoms. The molecule has 0 aliphatic carbocycles. The van der Waals surface area contributed by atoms with Gasteiger partial charge in [-0.15, -0.1) is 5.10 Å². The summed E-state index contributed by atoms with van der Waals surface area (Å²) >= 11 is 0. The molecule has 0 saturated heterocycles. The summed E-state index contributed by atoms with van der Waals surface area (Å²) in [6.07, 6.45) is 0.160. The minimum atomic E-state index is -1.54. The topological polar surface area (TPSA) is 123 Å². The lowest BCUT2D eigenvalue weighted by Gasteiger charge is -2.21. The summed E-state index contributed by atoms with van der Waals surface area (Å²) in [5, 5.41) is 22.9. The largest absolute Gasteiger partial charge is 0.381 e. The van der Waals surface area contributed by atoms with Crippen molar-refractivity contribution in [3.8, 4) is 0 Å². The third-order valence-electron chi connectivity index (χ3n) is 5.42. The number of primary amides is 1. The summed E-state index contributed by atoms with van der Waals surface area (Å²) in [6.45, 7) is -0.106. The molecule has 4 N–H and O–H groups in total. The summed E-state index contributed by atoms with van der Waals surface area (Å²) < 4.78 is 28.2. The maximum atomic E-state index is 13.8. The molecule has 2 atom stereocenters. The van der Waals surface area contributed by atoms with E-state index in [4.69, 9.17) is 5.73 Å². The van der Waals surface area contributed by atoms with Gasteiger partial charge in [0.2, 0.25) is 5.91 Å². The van der Waals surface area contributed by atoms with Gasteiger partial charge in [-0.25, -0.2) is 13.5 Å². The van der Waals surface area contributed by atoms with Crippen LogP contribution in [-0.2, 0) is 17.8 Å². The van der Waals surface area contributed by atoms with Crippen molar-refractivity contribution >= 4 is 22.6 Å². The molecule has 4 rings (SSSR count). The second kappa shape index (κ2) is 9.75. The van der Waals surface area contributed by atoms with Crippen LogP contribution in [0.5, 0.6) is 0 Å². The summed E-state index contributed by atoms with van der Waals surface area (Å²) in [4.78, 5) is 23.9. The Kier molecular flexibility index (Phi) is 6.60. The lowest BCUT2D eigenvalue weighted by atomic mass is 9.98. The van der Waals surface area contributed by atoms with Crippen molar-refractivity contribution in [1.82, 2.24) is 20.3 Å². The van der Waals surface area contributed by atoms with Crippen LogP contribution in [0, 0.1) is 11.6 Å². The zero-order valence-corrected chi connectivity index (χ0v) is 17.9. The van der Waals surface area contributed by atoms with Crippen LogP contribution in [0.2, 0.25) is 0 Å². The van der Waals surface area contributed by atoms with Crippen LogP contribution in [-0.4, -0.2) is 38.0 Å². The molecule has 0 fully saturated rings. The Morgan fingerprint density at radius 1 is 1.06 bits per heavy atom. The van der Waals surface area contributed by atoms with Crippen molar-refractivity contribution in [3.05, 3.63) is 95.3 Å². The first kappa shape index (κ1) is 23.0. The molecule has 34 heavy (non-hydrogen) atoms. The number of hydrogen-bond donors (Lipinski definition) is 3. The third kappa shape index (κ3) is 5.07. The smallest absolute Gasteiger partial charge is 0.254 e. The van der Waals surface area contributed by atoms with Gasteiger partial charge in [0, 0.05) is 6.07 Å². The number of carbonyl (C=O) groups is 2. The number of nitrogens with one attached hydrogen (secondary N) is 1. The van der Waals surface area contributed by atoms with Crippen molar-refractivity contribution in [2.75, 3.05) is 0 Å². The van der Waals surface area contributed by atoms with E-state index in [1.165, 1.54) is 10.9 Å². The molecule has 8 nitrogen and oxygen atoms in total. The maximum Gasteiger partial charge on any atom is 0.254 e. The van der Waals surface area contributed by atoms with E-state index in [0.29, 0.717) is 11.8 Å². The minimum absolute atomic E-state index is 0.106. The van der Waals surface area contributed by atoms with Gasteiger partial charge in [0.15, 0.2) is 6.10 Å². The van der Waals surface area contributed by atoms with Gasteiger partial charge in [0.25, 0.3) is 5.91 Å². The number of amides is 2. The van der Waals surface area contributed by atoms with Crippen LogP contribution in [0.1, 0.15) is 27.7 Å². The molecule has 0 saturated carbocycles. The van der Waals surface area contributed by atoms with E-state index in [-0.39, 0.29) is 18.5 Å². The highest BCUT2D eigenvalue weighted by Gasteiger charge is 2.27. The molecule has 10 heteroatoms. The Balaban J connectivity index is 1.50. The summed E-state index contributed by atoms with van der Waals surface area (Å²) in [5.74, 6) is -3.44. The van der Waals surface area contributed by atoms with Gasteiger partial charge in [0.1, 0.15) is 17.3 Å². The molecule has 2 amide bonds. The lowest BCUT2D eigenvalue weighted by molar-refractivity contribution is -0.128. The number of halogens is 2. The third-order valence-corrected chi connectivity index (χ3v) is 5.42. The van der Waals surface area contributed by atoms with Gasteiger partial charge >= 0.3 is 0 Å². The average molecular weight is 465 g/mol. The van der Waals surface area contributed by atoms with Gasteiger partial charge in [-0.2, -0.15) is 0 Å². The lowest BCUT2D eigenvalue weighted by Crippen LogP contribution is -2.38. The number of nitrogens with zero attached hydrogens (tertiary/aromatic N) is 3. The predicted molar refractivity (Wildman–Crippen MR) is 119 cm³/mol. The van der Waals surface area contributed by atoms with E-state index in [1.54, 1.807) is 0 Å². The van der Waals surface area contributed by atoms with Crippen LogP contribution in [0.25, 0.3) is 10.8 Å². The Bertz CT molecular complexity index is 1360. The molecule has 2 unspecified atom stereocenters. The van der Waals surface area contributed by atoms with Gasteiger partial charge in [-0.1, -0.05) is 47.7 Å². The highest BCUT2D eigenvalue weighted by Crippen LogP contribution is 2.22. The van der Waals surface area contributed by atoms with Gasteiger partial charge in [0.05, 0.1) is 24.3 Å². The summed E-state index contributed by atoms with van der Waals surface area (Å²) in [5.41, 5.74) is 6.18. The second-order valence-corrected chi connectivity index (χ2v) is 7.80. The fourth-order valence-electron chi connectivity index (χ4n) is 3.64. The standard InChI is InChI=1S/C24H21F2N5O3/c25-17-7-8-19(20(26)11-17)24(34)28-12-18-13-31(30-29-18)21(22(32)23(27)33)10-14-5-6-15-3-1-2-4-16(15)9-14/h1-9,11,13,21-22,32H,10,12H2,(H2,27,33)(H,28,34). The second-order valence-electron chi connectivity index (χ2n) is 7.80. The molecule has 174 valence electrons. The van der Waals surface area contributed by atoms with Crippen molar-refractivity contribution in [1.29, 1.82) is 0 Å². The molecular formula is C24H21F2N5O3. The SMILES string of the molecule is NC(=O)C(O)C(Cc1ccc2ccccc2c1)n1cc(CNC(=O)c2ccc(F)cc2F)nn1. The van der Waals surface area contributed by atoms with Crippen LogP contribution < -0.4 is 11.1 Å². The van der Waals surface area contributed by atoms with Crippen LogP contribution in [0.3, 0.4) is 0 Å². The first-order valence-corrected chi connectivity index (χ1v) is 10.4. The average Bonchev–Trinajstić information content (AvgIpc) is 3.29. The molecule has 0 bridgehead atoms. The summed E-state index contributed by atoms with van der Waals surface area (Å²) in [6, 6.07) is 15.4. The van der Waals surface area contributed by atoms with E-state index in [9.17, 15) is 23.5 Å². The van der Waals surface area contributed by atoms with Gasteiger partial charge in [-0.3, -0.25) is 9.59 Å². The number of aliphatic hydroxyl groups excluding tert-OH is 1. The number of carbonyl (C=O) groups excluding carboxylic acids is 2. The maximum absolute atomic E-state index is 13.8. The molecule has 1 heterocycles. The van der Waals surface area contributed by atoms with Gasteiger partial charge < -0.3 is 16.2 Å². The Morgan fingerprint density at radius 3 is 2.56 bits per heavy atom. The number of fused-ring (bicyclic) bond motifs is 1. The zero-order valence-electron chi connectivity index (χ0n) is 17.9. The Morgan fingerprint density at radius 2 is 1.82 bits per heavy atom. The van der Waals surface area contributed by atoms with E-state index < -0.39 is 35.6 Å². The molecule has 1 aromatic heterocycles. The molecule has 0 radical (unpaired) electrons. The predicted octanol–water partition coefficient (Wildman–Crippen LogP) is 2.27. The fraction of sp³-hybridized carbons (Fsp3) is 0.167. The van der Waals surface area contributed by atoms with E-state index in [0.717, 1.165) is 28.5 Å². The number of benzene rings is 3. The summed E-state index contributed by atoms with van der Waals surface area (Å²) in [7, 11) is 0. The van der Waals surface area contributed by atoms with Crippen LogP contribution in [0.15, 0.2) is 66.9 Å². The van der Waals surface area contributed by atoms with Crippen LogP contribution >= 0.6 is 0 Å². The highest BCUT2D eigenvalue weighted by atomic mass is 19.1. The molecule has 4 aromatic rings. The van der Waals surface area contributed by atoms with Gasteiger partial charge in [-0.05, 0) is 34.9 Å². The number of nitrogens with two attached hydrogens (primary N) is 1. The van der Waals surface area contributed by atoms with E-state index >= 15 is 0 Å². The van der Waals surface area contributed by atoms with Crippen molar-refractivity contribution in [2.45, 2.75) is 25.1 Å². The molecular weight excluding hydrogens is 444 g/mol. The first-order chi connectivity index (χ1) is 16.3. The molecule has 0 aliphatic rings. The Labute approximate surface area is 193 Å². The number of hydrogen-bond acceptors (Lipinski definition) is 5. The minimum Gasteiger partial charge on any atom is -0.381 e. The quantitative estimate of drug-likeness (QED) is 0.368. The van der Waals surface area contributed by atoms with Crippen molar-refractivity contribution in [2.24, 2.45) is 5.73 Å². The van der Waals surface area contributed by atoms with E-state index in [1.807, 2.05) is 42.5 Å². The Hall–Kier alpha value is -4.18. The van der Waals surface area contributed by atoms with E-state index in [2.05, 4.69) is 15.6 Å². The number of aromatic nitrogens is 3. The van der Waals surface area contributed by atoms with Crippen molar-refractivity contribution in [3.63, 3.8) is 0 Å². The monoisotopic (exact) mass is 465 g/mol. The zero-order chi connectivity index (χ0) is 24.2. The number of aliphatic hydroxyl groups is 1. The fourth-order valence-corrected chi connectivity index (χ4v) is 3.64. The van der Waals surface area contributed by atoms with Crippen LogP contribution in [0.4, 0.5) is 8.78 Å². The normalized spacial score (nSPS) is 12.9. The molecule has 0 aliphatic heterocycles. The first-order valence-electron chi connectivity index (χ1n) is 10.4. The number of rotatable bonds is 8.